The molecular weight excluding hydrogens is 318 g/mol. The van der Waals surface area contributed by atoms with Crippen LogP contribution in [0.3, 0.4) is 0 Å². The van der Waals surface area contributed by atoms with Gasteiger partial charge in [0.1, 0.15) is 6.17 Å². The standard InChI is InChI=1S/C18H29N5O2/c24-17-19-15-16-21(17)11-20(13-7-3-1-4-8-13)12-22(16)18(25)23(15)14-9-5-2-6-10-14/h13-16H,1-12H2,(H,19,24)/t15-,16-/m0/s1. The Morgan fingerprint density at radius 3 is 2.04 bits per heavy atom. The summed E-state index contributed by atoms with van der Waals surface area (Å²) in [6.07, 6.45) is 11.8. The second kappa shape index (κ2) is 6.04. The van der Waals surface area contributed by atoms with Gasteiger partial charge >= 0.3 is 12.1 Å². The molecule has 2 saturated carbocycles. The van der Waals surface area contributed by atoms with Crippen LogP contribution in [0, 0.1) is 0 Å². The largest absolute Gasteiger partial charge is 0.324 e. The molecule has 4 amide bonds. The molecule has 5 aliphatic rings. The molecular formula is C18H29N5O2. The van der Waals surface area contributed by atoms with Gasteiger partial charge in [-0.25, -0.2) is 9.59 Å². The fourth-order valence-electron chi connectivity index (χ4n) is 5.65. The van der Waals surface area contributed by atoms with Crippen LogP contribution in [0.2, 0.25) is 0 Å². The SMILES string of the molecule is O=C1N[C@@H]2[C@H]3N1CN(C1CCCCC1)CN3C(=O)N2C1CCCCC1. The van der Waals surface area contributed by atoms with Crippen molar-refractivity contribution in [3.05, 3.63) is 0 Å². The Hall–Kier alpha value is -1.50. The van der Waals surface area contributed by atoms with E-state index in [1.54, 1.807) is 0 Å². The van der Waals surface area contributed by atoms with E-state index in [2.05, 4.69) is 10.2 Å². The van der Waals surface area contributed by atoms with Crippen LogP contribution >= 0.6 is 0 Å². The van der Waals surface area contributed by atoms with Crippen molar-refractivity contribution >= 4 is 12.1 Å². The molecule has 25 heavy (non-hydrogen) atoms. The van der Waals surface area contributed by atoms with Crippen LogP contribution in [-0.4, -0.2) is 69.4 Å². The number of rotatable bonds is 2. The summed E-state index contributed by atoms with van der Waals surface area (Å²) in [6, 6.07) is 0.930. The minimum atomic E-state index is -0.156. The second-order valence-corrected chi connectivity index (χ2v) is 8.39. The summed E-state index contributed by atoms with van der Waals surface area (Å²) in [4.78, 5) is 34.0. The first-order valence-corrected chi connectivity index (χ1v) is 10.1. The molecule has 0 aromatic heterocycles. The van der Waals surface area contributed by atoms with E-state index >= 15 is 0 Å². The van der Waals surface area contributed by atoms with Crippen molar-refractivity contribution in [2.75, 3.05) is 13.3 Å². The maximum Gasteiger partial charge on any atom is 0.324 e. The topological polar surface area (TPSA) is 59.1 Å². The lowest BCUT2D eigenvalue weighted by Gasteiger charge is -2.45. The highest BCUT2D eigenvalue weighted by atomic mass is 16.2. The number of nitrogens with zero attached hydrogens (tertiary/aromatic N) is 4. The van der Waals surface area contributed by atoms with Gasteiger partial charge in [0.15, 0.2) is 6.17 Å². The van der Waals surface area contributed by atoms with Crippen LogP contribution < -0.4 is 5.32 Å². The predicted octanol–water partition coefficient (Wildman–Crippen LogP) is 2.30. The first-order valence-electron chi connectivity index (χ1n) is 10.1. The number of urea groups is 2. The molecule has 1 N–H and O–H groups in total. The summed E-state index contributed by atoms with van der Waals surface area (Å²) in [7, 11) is 0. The lowest BCUT2D eigenvalue weighted by Crippen LogP contribution is -2.62. The van der Waals surface area contributed by atoms with Gasteiger partial charge < -0.3 is 5.32 Å². The maximum absolute atomic E-state index is 13.2. The van der Waals surface area contributed by atoms with Crippen LogP contribution in [0.5, 0.6) is 0 Å². The van der Waals surface area contributed by atoms with Gasteiger partial charge in [-0.15, -0.1) is 0 Å². The first kappa shape index (κ1) is 15.7. The van der Waals surface area contributed by atoms with Crippen molar-refractivity contribution in [3.63, 3.8) is 0 Å². The number of hydrogen-bond acceptors (Lipinski definition) is 3. The molecule has 3 saturated heterocycles. The molecule has 0 unspecified atom stereocenters. The van der Waals surface area contributed by atoms with Crippen molar-refractivity contribution in [2.24, 2.45) is 0 Å². The molecule has 0 aromatic carbocycles. The van der Waals surface area contributed by atoms with Crippen LogP contribution in [0.15, 0.2) is 0 Å². The Morgan fingerprint density at radius 1 is 0.760 bits per heavy atom. The van der Waals surface area contributed by atoms with Gasteiger partial charge in [-0.1, -0.05) is 38.5 Å². The zero-order chi connectivity index (χ0) is 17.0. The number of carbonyl (C=O) groups is 2. The summed E-state index contributed by atoms with van der Waals surface area (Å²) in [5.74, 6) is 0. The average Bonchev–Trinajstić information content (AvgIpc) is 3.13. The summed E-state index contributed by atoms with van der Waals surface area (Å²) in [6.45, 7) is 1.35. The molecule has 2 atom stereocenters. The Labute approximate surface area is 149 Å². The predicted molar refractivity (Wildman–Crippen MR) is 92.3 cm³/mol. The van der Waals surface area contributed by atoms with Gasteiger partial charge in [0.25, 0.3) is 0 Å². The zero-order valence-electron chi connectivity index (χ0n) is 14.9. The second-order valence-electron chi connectivity index (χ2n) is 8.39. The van der Waals surface area contributed by atoms with E-state index in [4.69, 9.17) is 0 Å². The van der Waals surface area contributed by atoms with Gasteiger partial charge in [0.05, 0.1) is 13.3 Å². The summed E-state index contributed by atoms with van der Waals surface area (Å²) >= 11 is 0. The molecule has 0 aromatic rings. The van der Waals surface area contributed by atoms with Crippen LogP contribution in [0.4, 0.5) is 9.59 Å². The number of hydrogen-bond donors (Lipinski definition) is 1. The average molecular weight is 347 g/mol. The summed E-state index contributed by atoms with van der Waals surface area (Å²) in [5.41, 5.74) is 0. The van der Waals surface area contributed by atoms with E-state index in [0.29, 0.717) is 25.4 Å². The van der Waals surface area contributed by atoms with E-state index in [1.807, 2.05) is 14.7 Å². The summed E-state index contributed by atoms with van der Waals surface area (Å²) < 4.78 is 0. The quantitative estimate of drug-likeness (QED) is 0.834. The highest BCUT2D eigenvalue weighted by Gasteiger charge is 2.59. The fraction of sp³-hybridized carbons (Fsp3) is 0.889. The zero-order valence-corrected chi connectivity index (χ0v) is 14.9. The molecule has 5 rings (SSSR count). The van der Waals surface area contributed by atoms with Gasteiger partial charge in [0, 0.05) is 12.1 Å². The van der Waals surface area contributed by atoms with Crippen molar-refractivity contribution in [1.29, 1.82) is 0 Å². The Balaban J connectivity index is 1.40. The van der Waals surface area contributed by atoms with Crippen LogP contribution in [0.25, 0.3) is 0 Å². The lowest BCUT2D eigenvalue weighted by atomic mass is 9.94. The van der Waals surface area contributed by atoms with Crippen molar-refractivity contribution in [1.82, 2.24) is 24.9 Å². The van der Waals surface area contributed by atoms with Crippen LogP contribution in [-0.2, 0) is 0 Å². The number of amides is 4. The Kier molecular flexibility index (Phi) is 3.80. The highest BCUT2D eigenvalue weighted by Crippen LogP contribution is 2.38. The third-order valence-electron chi connectivity index (χ3n) is 6.95. The smallest absolute Gasteiger partial charge is 0.314 e. The normalized spacial score (nSPS) is 34.6. The third-order valence-corrected chi connectivity index (χ3v) is 6.95. The van der Waals surface area contributed by atoms with Crippen molar-refractivity contribution in [2.45, 2.75) is 88.6 Å². The molecule has 7 nitrogen and oxygen atoms in total. The van der Waals surface area contributed by atoms with E-state index in [9.17, 15) is 9.59 Å². The fourth-order valence-corrected chi connectivity index (χ4v) is 5.65. The molecule has 0 radical (unpaired) electrons. The van der Waals surface area contributed by atoms with Crippen molar-refractivity contribution < 1.29 is 9.59 Å². The van der Waals surface area contributed by atoms with E-state index < -0.39 is 0 Å². The monoisotopic (exact) mass is 347 g/mol. The highest BCUT2D eigenvalue weighted by molar-refractivity contribution is 5.85. The molecule has 3 aliphatic heterocycles. The third kappa shape index (κ3) is 2.42. The van der Waals surface area contributed by atoms with Gasteiger partial charge in [-0.2, -0.15) is 0 Å². The first-order chi connectivity index (χ1) is 12.2. The Morgan fingerprint density at radius 2 is 1.36 bits per heavy atom. The van der Waals surface area contributed by atoms with E-state index in [-0.39, 0.29) is 24.4 Å². The molecule has 5 fully saturated rings. The maximum atomic E-state index is 13.2. The molecule has 0 spiro atoms. The molecule has 7 heteroatoms. The minimum Gasteiger partial charge on any atom is -0.314 e. The lowest BCUT2D eigenvalue weighted by molar-refractivity contribution is -0.0390. The number of nitrogens with one attached hydrogen (secondary N) is 1. The van der Waals surface area contributed by atoms with Gasteiger partial charge in [0.2, 0.25) is 0 Å². The molecule has 3 heterocycles. The molecule has 138 valence electrons. The minimum absolute atomic E-state index is 0.00572. The van der Waals surface area contributed by atoms with E-state index in [0.717, 1.165) is 12.8 Å². The van der Waals surface area contributed by atoms with Crippen LogP contribution in [0.1, 0.15) is 64.2 Å². The summed E-state index contributed by atoms with van der Waals surface area (Å²) in [5, 5.41) is 3.11. The molecule has 2 aliphatic carbocycles. The van der Waals surface area contributed by atoms with Crippen molar-refractivity contribution in [3.8, 4) is 0 Å². The van der Waals surface area contributed by atoms with E-state index in [1.165, 1.54) is 51.4 Å². The Bertz CT molecular complexity index is 558. The van der Waals surface area contributed by atoms with Gasteiger partial charge in [-0.05, 0) is 25.7 Å². The number of carbonyl (C=O) groups excluding carboxylic acids is 2. The molecule has 0 bridgehead atoms. The van der Waals surface area contributed by atoms with Gasteiger partial charge in [-0.3, -0.25) is 19.6 Å².